The summed E-state index contributed by atoms with van der Waals surface area (Å²) in [4.78, 5) is 20.2. The van der Waals surface area contributed by atoms with Gasteiger partial charge in [-0.05, 0) is 6.42 Å². The van der Waals surface area contributed by atoms with Gasteiger partial charge in [0, 0.05) is 12.8 Å². The second-order valence-corrected chi connectivity index (χ2v) is 1.99. The Bertz CT molecular complexity index is 203. The zero-order valence-electron chi connectivity index (χ0n) is 6.91. The Labute approximate surface area is 74.7 Å². The summed E-state index contributed by atoms with van der Waals surface area (Å²) in [7, 11) is 0. The van der Waals surface area contributed by atoms with Gasteiger partial charge < -0.3 is 11.5 Å². The van der Waals surface area contributed by atoms with Crippen molar-refractivity contribution in [3.05, 3.63) is 0 Å². The number of primary amides is 2. The normalized spacial score (nSPS) is 9.85. The molecular formula is C5H12N6O2. The average Bonchev–Trinajstić information content (AvgIpc) is 2.01. The number of hydrogen-bond donors (Lipinski definition) is 5. The molecule has 0 rings (SSSR count). The highest BCUT2D eigenvalue weighted by Crippen LogP contribution is 1.67. The first-order chi connectivity index (χ1) is 6.13. The molecular weight excluding hydrogens is 176 g/mol. The van der Waals surface area contributed by atoms with Crippen LogP contribution < -0.4 is 27.7 Å². The van der Waals surface area contributed by atoms with Gasteiger partial charge in [0.25, 0.3) is 0 Å². The summed E-state index contributed by atoms with van der Waals surface area (Å²) in [6.45, 7) is 0.451. The molecule has 0 fully saturated rings. The molecule has 0 aliphatic rings. The molecule has 0 radical (unpaired) electrons. The van der Waals surface area contributed by atoms with E-state index in [1.54, 1.807) is 0 Å². The minimum Gasteiger partial charge on any atom is -0.351 e. The number of nitrogens with one attached hydrogen (secondary N) is 3. The minimum absolute atomic E-state index is 0.451. The van der Waals surface area contributed by atoms with Crippen LogP contribution in [-0.4, -0.2) is 24.8 Å². The summed E-state index contributed by atoms with van der Waals surface area (Å²) in [6, 6.07) is -1.38. The molecule has 0 saturated carbocycles. The number of hydrogen-bond acceptors (Lipinski definition) is 4. The third-order valence-corrected chi connectivity index (χ3v) is 0.876. The highest BCUT2D eigenvalue weighted by Gasteiger charge is 1.87. The smallest absolute Gasteiger partial charge is 0.332 e. The van der Waals surface area contributed by atoms with Crippen LogP contribution in [0.5, 0.6) is 0 Å². The molecule has 13 heavy (non-hydrogen) atoms. The lowest BCUT2D eigenvalue weighted by atomic mass is 10.5. The van der Waals surface area contributed by atoms with E-state index in [0.29, 0.717) is 13.0 Å². The van der Waals surface area contributed by atoms with E-state index in [-0.39, 0.29) is 0 Å². The molecule has 0 unspecified atom stereocenters. The van der Waals surface area contributed by atoms with Crippen LogP contribution in [0.2, 0.25) is 0 Å². The third-order valence-electron chi connectivity index (χ3n) is 0.876. The molecule has 0 spiro atoms. The van der Waals surface area contributed by atoms with E-state index < -0.39 is 12.1 Å². The van der Waals surface area contributed by atoms with Gasteiger partial charge >= 0.3 is 12.1 Å². The quantitative estimate of drug-likeness (QED) is 0.198. The first-order valence-corrected chi connectivity index (χ1v) is 3.48. The lowest BCUT2D eigenvalue weighted by molar-refractivity contribution is 0.245. The Morgan fingerprint density at radius 3 is 2.54 bits per heavy atom. The van der Waals surface area contributed by atoms with Gasteiger partial charge in [0.1, 0.15) is 0 Å². The number of carbonyl (C=O) groups is 2. The van der Waals surface area contributed by atoms with Crippen LogP contribution in [0.25, 0.3) is 0 Å². The van der Waals surface area contributed by atoms with Gasteiger partial charge in [-0.3, -0.25) is 5.43 Å². The van der Waals surface area contributed by atoms with Gasteiger partial charge in [-0.1, -0.05) is 0 Å². The van der Waals surface area contributed by atoms with E-state index >= 15 is 0 Å². The molecule has 8 heteroatoms. The molecule has 0 aromatic carbocycles. The number of nitrogens with zero attached hydrogens (tertiary/aromatic N) is 1. The second kappa shape index (κ2) is 6.85. The summed E-state index contributed by atoms with van der Waals surface area (Å²) in [5.41, 5.74) is 16.2. The van der Waals surface area contributed by atoms with Crippen molar-refractivity contribution in [2.45, 2.75) is 6.42 Å². The van der Waals surface area contributed by atoms with Crippen LogP contribution in [0.15, 0.2) is 5.10 Å². The Balaban J connectivity index is 3.20. The number of hydrazone groups is 1. The average molecular weight is 188 g/mol. The molecule has 0 aliphatic carbocycles. The topological polar surface area (TPSA) is 135 Å². The largest absolute Gasteiger partial charge is 0.351 e. The van der Waals surface area contributed by atoms with Gasteiger partial charge in [-0.2, -0.15) is 5.10 Å². The summed E-state index contributed by atoms with van der Waals surface area (Å²) in [5.74, 6) is 0. The Morgan fingerprint density at radius 2 is 2.00 bits per heavy atom. The number of nitrogens with two attached hydrogens (primary N) is 2. The van der Waals surface area contributed by atoms with Crippen molar-refractivity contribution < 1.29 is 9.59 Å². The Kier molecular flexibility index (Phi) is 5.89. The number of carbonyl (C=O) groups excluding carboxylic acids is 2. The number of hydrazine groups is 1. The van der Waals surface area contributed by atoms with E-state index in [2.05, 4.69) is 16.0 Å². The van der Waals surface area contributed by atoms with Crippen LogP contribution >= 0.6 is 0 Å². The zero-order valence-corrected chi connectivity index (χ0v) is 6.91. The maximum atomic E-state index is 10.1. The van der Waals surface area contributed by atoms with Crippen molar-refractivity contribution in [3.63, 3.8) is 0 Å². The molecule has 74 valence electrons. The highest BCUT2D eigenvalue weighted by molar-refractivity contribution is 5.72. The van der Waals surface area contributed by atoms with Crippen LogP contribution in [0.3, 0.4) is 0 Å². The molecule has 7 N–H and O–H groups in total. The fraction of sp³-hybridized carbons (Fsp3) is 0.400. The molecule has 0 saturated heterocycles. The molecule has 0 aromatic heterocycles. The van der Waals surface area contributed by atoms with Crippen LogP contribution in [0.4, 0.5) is 9.59 Å². The molecule has 0 bridgehead atoms. The lowest BCUT2D eigenvalue weighted by Crippen LogP contribution is -2.41. The maximum Gasteiger partial charge on any atom is 0.332 e. The molecule has 0 aliphatic heterocycles. The lowest BCUT2D eigenvalue weighted by Gasteiger charge is -2.00. The molecule has 0 heterocycles. The maximum absolute atomic E-state index is 10.1. The second-order valence-electron chi connectivity index (χ2n) is 1.99. The summed E-state index contributed by atoms with van der Waals surface area (Å²) in [5, 5.41) is 3.45. The van der Waals surface area contributed by atoms with Gasteiger partial charge in [-0.25, -0.2) is 20.4 Å². The molecule has 4 amide bonds. The predicted molar refractivity (Wildman–Crippen MR) is 46.5 cm³/mol. The third kappa shape index (κ3) is 10.2. The molecule has 8 nitrogen and oxygen atoms in total. The van der Waals surface area contributed by atoms with E-state index in [9.17, 15) is 9.59 Å². The van der Waals surface area contributed by atoms with Crippen molar-refractivity contribution in [1.29, 1.82) is 0 Å². The first kappa shape index (κ1) is 11.2. The minimum atomic E-state index is -0.723. The zero-order chi connectivity index (χ0) is 10.1. The van der Waals surface area contributed by atoms with Gasteiger partial charge in [-0.15, -0.1) is 0 Å². The van der Waals surface area contributed by atoms with Gasteiger partial charge in [0.05, 0.1) is 0 Å². The summed E-state index contributed by atoms with van der Waals surface area (Å²) >= 11 is 0. The van der Waals surface area contributed by atoms with E-state index in [4.69, 9.17) is 11.5 Å². The fourth-order valence-electron chi connectivity index (χ4n) is 0.460. The van der Waals surface area contributed by atoms with E-state index in [0.717, 1.165) is 0 Å². The number of urea groups is 2. The van der Waals surface area contributed by atoms with Crippen LogP contribution in [0, 0.1) is 0 Å². The van der Waals surface area contributed by atoms with Crippen molar-refractivity contribution in [1.82, 2.24) is 16.3 Å². The SMILES string of the molecule is NC(=O)NN=CCCNNC(N)=O. The summed E-state index contributed by atoms with van der Waals surface area (Å²) < 4.78 is 0. The summed E-state index contributed by atoms with van der Waals surface area (Å²) in [6.07, 6.45) is 1.95. The van der Waals surface area contributed by atoms with Crippen molar-refractivity contribution in [2.24, 2.45) is 16.6 Å². The Morgan fingerprint density at radius 1 is 1.31 bits per heavy atom. The van der Waals surface area contributed by atoms with Crippen molar-refractivity contribution >= 4 is 18.3 Å². The van der Waals surface area contributed by atoms with Crippen molar-refractivity contribution in [2.75, 3.05) is 6.54 Å². The number of rotatable bonds is 5. The van der Waals surface area contributed by atoms with Crippen molar-refractivity contribution in [3.8, 4) is 0 Å². The monoisotopic (exact) mass is 188 g/mol. The standard InChI is InChI=1S/C5H12N6O2/c6-4(12)10-8-2-1-3-9-11-5(7)13/h2,9H,1,3H2,(H3,6,10,12)(H3,7,11,13). The first-order valence-electron chi connectivity index (χ1n) is 3.48. The van der Waals surface area contributed by atoms with Crippen LogP contribution in [-0.2, 0) is 0 Å². The fourth-order valence-corrected chi connectivity index (χ4v) is 0.460. The number of amides is 4. The van der Waals surface area contributed by atoms with E-state index in [1.807, 2.05) is 5.43 Å². The molecule has 0 atom stereocenters. The Hall–Kier alpha value is -1.83. The molecule has 0 aromatic rings. The van der Waals surface area contributed by atoms with Gasteiger partial charge in [0.15, 0.2) is 0 Å². The van der Waals surface area contributed by atoms with Gasteiger partial charge in [0.2, 0.25) is 0 Å². The van der Waals surface area contributed by atoms with Crippen LogP contribution in [0.1, 0.15) is 6.42 Å². The highest BCUT2D eigenvalue weighted by atomic mass is 16.2. The predicted octanol–water partition coefficient (Wildman–Crippen LogP) is -1.80. The van der Waals surface area contributed by atoms with E-state index in [1.165, 1.54) is 6.21 Å².